The van der Waals surface area contributed by atoms with Gasteiger partial charge in [0, 0.05) is 19.1 Å². The first-order valence-electron chi connectivity index (χ1n) is 9.38. The molecule has 1 aromatic rings. The Morgan fingerprint density at radius 1 is 1.23 bits per heavy atom. The zero-order valence-electron chi connectivity index (χ0n) is 16.0. The summed E-state index contributed by atoms with van der Waals surface area (Å²) in [6.07, 6.45) is 5.84. The van der Waals surface area contributed by atoms with E-state index in [1.807, 2.05) is 13.8 Å². The monoisotopic (exact) mass is 382 g/mol. The average molecular weight is 383 g/mol. The summed E-state index contributed by atoms with van der Waals surface area (Å²) in [5.74, 6) is 0.238. The molecule has 0 aliphatic carbocycles. The first kappa shape index (κ1) is 20.7. The molecule has 0 radical (unpaired) electrons. The third-order valence-electron chi connectivity index (χ3n) is 4.68. The minimum absolute atomic E-state index is 0.0967. The number of rotatable bonds is 7. The van der Waals surface area contributed by atoms with E-state index in [4.69, 9.17) is 4.74 Å². The van der Waals surface area contributed by atoms with Gasteiger partial charge in [0.2, 0.25) is 10.0 Å². The molecule has 0 saturated carbocycles. The van der Waals surface area contributed by atoms with Gasteiger partial charge in [0.1, 0.15) is 5.75 Å². The van der Waals surface area contributed by atoms with Crippen molar-refractivity contribution < 1.29 is 17.9 Å². The van der Waals surface area contributed by atoms with Crippen molar-refractivity contribution in [3.8, 4) is 5.75 Å². The molecule has 1 N–H and O–H groups in total. The van der Waals surface area contributed by atoms with E-state index in [1.54, 1.807) is 11.0 Å². The fourth-order valence-corrected chi connectivity index (χ4v) is 4.59. The second kappa shape index (κ2) is 9.37. The predicted molar refractivity (Wildman–Crippen MR) is 102 cm³/mol. The number of carbonyl (C=O) groups excluding carboxylic acids is 1. The molecule has 2 rings (SSSR count). The average Bonchev–Trinajstić information content (AvgIpc) is 2.89. The lowest BCUT2D eigenvalue weighted by Gasteiger charge is -2.22. The van der Waals surface area contributed by atoms with Crippen LogP contribution < -0.4 is 9.46 Å². The lowest BCUT2D eigenvalue weighted by Crippen LogP contribution is -2.34. The molecule has 146 valence electrons. The molecule has 1 aliphatic heterocycles. The van der Waals surface area contributed by atoms with Crippen molar-refractivity contribution >= 4 is 15.9 Å². The molecule has 1 aliphatic rings. The smallest absolute Gasteiger partial charge is 0.257 e. The molecule has 0 aromatic heterocycles. The third-order valence-corrected chi connectivity index (χ3v) is 6.27. The molecule has 1 atom stereocenters. The summed E-state index contributed by atoms with van der Waals surface area (Å²) >= 11 is 0. The quantitative estimate of drug-likeness (QED) is 0.786. The van der Waals surface area contributed by atoms with Crippen molar-refractivity contribution in [1.29, 1.82) is 0 Å². The van der Waals surface area contributed by atoms with Crippen LogP contribution in [0.15, 0.2) is 23.1 Å². The van der Waals surface area contributed by atoms with Crippen LogP contribution >= 0.6 is 0 Å². The van der Waals surface area contributed by atoms with Crippen molar-refractivity contribution in [1.82, 2.24) is 9.62 Å². The number of hydrogen-bond donors (Lipinski definition) is 1. The summed E-state index contributed by atoms with van der Waals surface area (Å²) in [5, 5.41) is 0. The van der Waals surface area contributed by atoms with Crippen LogP contribution in [0.5, 0.6) is 5.75 Å². The summed E-state index contributed by atoms with van der Waals surface area (Å²) in [7, 11) is -2.19. The molecular weight excluding hydrogens is 352 g/mol. The van der Waals surface area contributed by atoms with Gasteiger partial charge < -0.3 is 9.64 Å². The maximum Gasteiger partial charge on any atom is 0.257 e. The van der Waals surface area contributed by atoms with Gasteiger partial charge in [-0.15, -0.1) is 0 Å². The first-order valence-corrected chi connectivity index (χ1v) is 10.9. The van der Waals surface area contributed by atoms with Crippen molar-refractivity contribution in [3.05, 3.63) is 23.8 Å². The van der Waals surface area contributed by atoms with Crippen LogP contribution in [0.25, 0.3) is 0 Å². The molecule has 0 unspecified atom stereocenters. The Hall–Kier alpha value is -1.60. The standard InChI is InChI=1S/C19H30N2O4S/c1-4-9-15(2)20-26(23,24)16-10-11-18(25-3)17(14-16)19(22)21-12-7-5-6-8-13-21/h10-11,14-15,20H,4-9,12-13H2,1-3H3/t15-/m1/s1. The molecule has 0 spiro atoms. The largest absolute Gasteiger partial charge is 0.496 e. The van der Waals surface area contributed by atoms with Crippen molar-refractivity contribution in [2.24, 2.45) is 0 Å². The maximum atomic E-state index is 13.0. The molecule has 1 heterocycles. The van der Waals surface area contributed by atoms with Crippen LogP contribution in [0.4, 0.5) is 0 Å². The Bertz CT molecular complexity index is 710. The van der Waals surface area contributed by atoms with Crippen molar-refractivity contribution in [2.45, 2.75) is 63.3 Å². The predicted octanol–water partition coefficient (Wildman–Crippen LogP) is 3.18. The van der Waals surface area contributed by atoms with E-state index in [0.29, 0.717) is 24.4 Å². The van der Waals surface area contributed by atoms with Crippen molar-refractivity contribution in [2.75, 3.05) is 20.2 Å². The number of sulfonamides is 1. The van der Waals surface area contributed by atoms with Gasteiger partial charge in [0.15, 0.2) is 0 Å². The fraction of sp³-hybridized carbons (Fsp3) is 0.632. The first-order chi connectivity index (χ1) is 12.4. The van der Waals surface area contributed by atoms with E-state index in [9.17, 15) is 13.2 Å². The number of likely N-dealkylation sites (tertiary alicyclic amines) is 1. The Morgan fingerprint density at radius 3 is 2.46 bits per heavy atom. The minimum Gasteiger partial charge on any atom is -0.496 e. The molecule has 7 heteroatoms. The number of methoxy groups -OCH3 is 1. The highest BCUT2D eigenvalue weighted by atomic mass is 32.2. The van der Waals surface area contributed by atoms with Gasteiger partial charge in [-0.05, 0) is 44.4 Å². The molecule has 1 amide bonds. The summed E-state index contributed by atoms with van der Waals surface area (Å²) in [5.41, 5.74) is 0.306. The van der Waals surface area contributed by atoms with Gasteiger partial charge in [0.05, 0.1) is 17.6 Å². The minimum atomic E-state index is -3.68. The number of benzene rings is 1. The number of nitrogens with zero attached hydrogens (tertiary/aromatic N) is 1. The zero-order valence-corrected chi connectivity index (χ0v) is 16.8. The Morgan fingerprint density at radius 2 is 1.88 bits per heavy atom. The lowest BCUT2D eigenvalue weighted by atomic mass is 10.1. The van der Waals surface area contributed by atoms with Crippen LogP contribution in [0.1, 0.15) is 62.7 Å². The van der Waals surface area contributed by atoms with Crippen LogP contribution in [0.2, 0.25) is 0 Å². The van der Waals surface area contributed by atoms with E-state index in [-0.39, 0.29) is 16.8 Å². The lowest BCUT2D eigenvalue weighted by molar-refractivity contribution is 0.0758. The molecular formula is C19H30N2O4S. The van der Waals surface area contributed by atoms with E-state index in [2.05, 4.69) is 4.72 Å². The van der Waals surface area contributed by atoms with E-state index >= 15 is 0 Å². The highest BCUT2D eigenvalue weighted by molar-refractivity contribution is 7.89. The SMILES string of the molecule is CCC[C@@H](C)NS(=O)(=O)c1ccc(OC)c(C(=O)N2CCCCCC2)c1. The number of amides is 1. The van der Waals surface area contributed by atoms with Crippen molar-refractivity contribution in [3.63, 3.8) is 0 Å². The maximum absolute atomic E-state index is 13.0. The van der Waals surface area contributed by atoms with Gasteiger partial charge in [-0.3, -0.25) is 4.79 Å². The second-order valence-electron chi connectivity index (χ2n) is 6.88. The van der Waals surface area contributed by atoms with E-state index in [1.165, 1.54) is 19.2 Å². The fourth-order valence-electron chi connectivity index (χ4n) is 3.29. The van der Waals surface area contributed by atoms with Gasteiger partial charge in [-0.1, -0.05) is 26.2 Å². The molecule has 26 heavy (non-hydrogen) atoms. The van der Waals surface area contributed by atoms with Crippen LogP contribution in [0, 0.1) is 0 Å². The summed E-state index contributed by atoms with van der Waals surface area (Å²) in [6, 6.07) is 4.33. The highest BCUT2D eigenvalue weighted by Crippen LogP contribution is 2.25. The molecule has 1 saturated heterocycles. The zero-order chi connectivity index (χ0) is 19.2. The molecule has 1 aromatic carbocycles. The third kappa shape index (κ3) is 5.20. The summed E-state index contributed by atoms with van der Waals surface area (Å²) in [6.45, 7) is 5.25. The Balaban J connectivity index is 2.31. The van der Waals surface area contributed by atoms with Crippen LogP contribution in [0.3, 0.4) is 0 Å². The topological polar surface area (TPSA) is 75.7 Å². The highest BCUT2D eigenvalue weighted by Gasteiger charge is 2.24. The van der Waals surface area contributed by atoms with Gasteiger partial charge >= 0.3 is 0 Å². The van der Waals surface area contributed by atoms with E-state index < -0.39 is 10.0 Å². The number of nitrogens with one attached hydrogen (secondary N) is 1. The van der Waals surface area contributed by atoms with Gasteiger partial charge in [0.25, 0.3) is 5.91 Å². The molecule has 6 nitrogen and oxygen atoms in total. The second-order valence-corrected chi connectivity index (χ2v) is 8.59. The summed E-state index contributed by atoms with van der Waals surface area (Å²) < 4.78 is 33.3. The summed E-state index contributed by atoms with van der Waals surface area (Å²) in [4.78, 5) is 14.9. The number of ether oxygens (including phenoxy) is 1. The normalized spacial score (nSPS) is 16.8. The van der Waals surface area contributed by atoms with E-state index in [0.717, 1.165) is 38.5 Å². The number of carbonyl (C=O) groups is 1. The Labute approximate surface area is 157 Å². The molecule has 1 fully saturated rings. The van der Waals surface area contributed by atoms with Gasteiger partial charge in [-0.25, -0.2) is 13.1 Å². The van der Waals surface area contributed by atoms with Crippen LogP contribution in [-0.4, -0.2) is 45.5 Å². The molecule has 0 bridgehead atoms. The Kier molecular flexibility index (Phi) is 7.46. The van der Waals surface area contributed by atoms with Crippen LogP contribution in [-0.2, 0) is 10.0 Å². The van der Waals surface area contributed by atoms with Gasteiger partial charge in [-0.2, -0.15) is 0 Å². The number of hydrogen-bond acceptors (Lipinski definition) is 4.